The number of halogens is 3. The molecule has 0 unspecified atom stereocenters. The van der Waals surface area contributed by atoms with Gasteiger partial charge in [0.2, 0.25) is 0 Å². The lowest BCUT2D eigenvalue weighted by atomic mass is 10.2. The van der Waals surface area contributed by atoms with Crippen molar-refractivity contribution in [2.45, 2.75) is 18.0 Å². The number of anilines is 1. The lowest BCUT2D eigenvalue weighted by Gasteiger charge is -2.24. The summed E-state index contributed by atoms with van der Waals surface area (Å²) in [6.07, 6.45) is -4.62. The number of hydrogen-bond acceptors (Lipinski definition) is 6. The minimum Gasteiger partial charge on any atom is -0.465 e. The normalized spacial score (nSPS) is 11.7. The topological polar surface area (TPSA) is 107 Å². The van der Waals surface area contributed by atoms with Crippen LogP contribution in [0.5, 0.6) is 0 Å². The van der Waals surface area contributed by atoms with Gasteiger partial charge in [0, 0.05) is 12.1 Å². The van der Waals surface area contributed by atoms with Gasteiger partial charge in [0.05, 0.1) is 27.7 Å². The molecule has 0 saturated carbocycles. The van der Waals surface area contributed by atoms with E-state index in [9.17, 15) is 36.5 Å². The maximum absolute atomic E-state index is 13.0. The SMILES string of the molecule is CCOC(=O)CN(c1ccc(C(F)(F)F)cc1)S(=O)(=O)c1ccc([N+](=O)[O-])cc1. The predicted molar refractivity (Wildman–Crippen MR) is 95.7 cm³/mol. The van der Waals surface area contributed by atoms with Crippen LogP contribution in [0.1, 0.15) is 12.5 Å². The fourth-order valence-corrected chi connectivity index (χ4v) is 3.73. The molecule has 29 heavy (non-hydrogen) atoms. The van der Waals surface area contributed by atoms with Gasteiger partial charge < -0.3 is 4.74 Å². The zero-order chi connectivity index (χ0) is 21.8. The van der Waals surface area contributed by atoms with E-state index in [0.29, 0.717) is 16.4 Å². The molecule has 156 valence electrons. The van der Waals surface area contributed by atoms with Gasteiger partial charge in [-0.2, -0.15) is 13.2 Å². The molecule has 0 amide bonds. The molecule has 2 aromatic rings. The largest absolute Gasteiger partial charge is 0.465 e. The van der Waals surface area contributed by atoms with Gasteiger partial charge in [-0.3, -0.25) is 19.2 Å². The number of sulfonamides is 1. The minimum atomic E-state index is -4.62. The van der Waals surface area contributed by atoms with Gasteiger partial charge in [-0.05, 0) is 43.3 Å². The van der Waals surface area contributed by atoms with Crippen LogP contribution >= 0.6 is 0 Å². The molecule has 0 radical (unpaired) electrons. The number of nitro benzene ring substituents is 1. The molecule has 0 heterocycles. The van der Waals surface area contributed by atoms with Crippen LogP contribution in [0.2, 0.25) is 0 Å². The summed E-state index contributed by atoms with van der Waals surface area (Å²) in [5, 5.41) is 10.7. The monoisotopic (exact) mass is 432 g/mol. The van der Waals surface area contributed by atoms with Gasteiger partial charge in [0.25, 0.3) is 15.7 Å². The van der Waals surface area contributed by atoms with E-state index >= 15 is 0 Å². The molecule has 0 saturated heterocycles. The van der Waals surface area contributed by atoms with Crippen molar-refractivity contribution in [2.24, 2.45) is 0 Å². The van der Waals surface area contributed by atoms with Crippen LogP contribution in [-0.2, 0) is 25.7 Å². The Balaban J connectivity index is 2.48. The third kappa shape index (κ3) is 5.22. The number of carbonyl (C=O) groups is 1. The van der Waals surface area contributed by atoms with E-state index in [0.717, 1.165) is 36.4 Å². The zero-order valence-electron chi connectivity index (χ0n) is 14.9. The molecule has 12 heteroatoms. The van der Waals surface area contributed by atoms with E-state index in [4.69, 9.17) is 4.74 Å². The van der Waals surface area contributed by atoms with Crippen LogP contribution in [0, 0.1) is 10.1 Å². The number of nitrogens with zero attached hydrogens (tertiary/aromatic N) is 2. The van der Waals surface area contributed by atoms with Crippen LogP contribution in [0.4, 0.5) is 24.5 Å². The van der Waals surface area contributed by atoms with Crippen molar-refractivity contribution < 1.29 is 36.0 Å². The van der Waals surface area contributed by atoms with E-state index in [1.54, 1.807) is 0 Å². The summed E-state index contributed by atoms with van der Waals surface area (Å²) in [4.78, 5) is 21.5. The van der Waals surface area contributed by atoms with Crippen molar-refractivity contribution in [1.29, 1.82) is 0 Å². The molecule has 0 bridgehead atoms. The highest BCUT2D eigenvalue weighted by Crippen LogP contribution is 2.32. The second-order valence-corrected chi connectivity index (χ2v) is 7.47. The Morgan fingerprint density at radius 3 is 2.10 bits per heavy atom. The summed E-state index contributed by atoms with van der Waals surface area (Å²) in [5.41, 5.74) is -1.55. The first-order valence-electron chi connectivity index (χ1n) is 8.07. The third-order valence-electron chi connectivity index (χ3n) is 3.70. The summed E-state index contributed by atoms with van der Waals surface area (Å²) in [5.74, 6) is -0.919. The zero-order valence-corrected chi connectivity index (χ0v) is 15.7. The fraction of sp³-hybridized carbons (Fsp3) is 0.235. The van der Waals surface area contributed by atoms with Crippen molar-refractivity contribution in [3.63, 3.8) is 0 Å². The Kier molecular flexibility index (Phi) is 6.47. The van der Waals surface area contributed by atoms with Gasteiger partial charge in [-0.1, -0.05) is 0 Å². The van der Waals surface area contributed by atoms with E-state index in [-0.39, 0.29) is 22.9 Å². The highest BCUT2D eigenvalue weighted by Gasteiger charge is 2.32. The molecule has 0 atom stereocenters. The second kappa shape index (κ2) is 8.47. The molecule has 0 aliphatic rings. The number of ether oxygens (including phenoxy) is 1. The number of alkyl halides is 3. The molecule has 8 nitrogen and oxygen atoms in total. The van der Waals surface area contributed by atoms with Gasteiger partial charge in [-0.15, -0.1) is 0 Å². The highest BCUT2D eigenvalue weighted by atomic mass is 32.2. The average molecular weight is 432 g/mol. The smallest absolute Gasteiger partial charge is 0.416 e. The Labute approximate surface area is 163 Å². The third-order valence-corrected chi connectivity index (χ3v) is 5.48. The molecule has 0 N–H and O–H groups in total. The van der Waals surface area contributed by atoms with Gasteiger partial charge in [0.15, 0.2) is 0 Å². The highest BCUT2D eigenvalue weighted by molar-refractivity contribution is 7.92. The van der Waals surface area contributed by atoms with Crippen molar-refractivity contribution in [3.05, 3.63) is 64.2 Å². The molecule has 0 aliphatic heterocycles. The van der Waals surface area contributed by atoms with Gasteiger partial charge >= 0.3 is 12.1 Å². The summed E-state index contributed by atoms with van der Waals surface area (Å²) < 4.78 is 69.6. The molecule has 0 fully saturated rings. The first-order chi connectivity index (χ1) is 13.5. The second-order valence-electron chi connectivity index (χ2n) is 5.61. The van der Waals surface area contributed by atoms with Gasteiger partial charge in [0.1, 0.15) is 6.54 Å². The van der Waals surface area contributed by atoms with E-state index in [1.165, 1.54) is 6.92 Å². The average Bonchev–Trinajstić information content (AvgIpc) is 2.65. The van der Waals surface area contributed by atoms with Crippen LogP contribution in [0.3, 0.4) is 0 Å². The first kappa shape index (κ1) is 22.1. The van der Waals surface area contributed by atoms with Crippen molar-refractivity contribution in [3.8, 4) is 0 Å². The molecule has 2 aromatic carbocycles. The Bertz CT molecular complexity index is 989. The van der Waals surface area contributed by atoms with E-state index in [1.807, 2.05) is 0 Å². The van der Waals surface area contributed by atoms with E-state index < -0.39 is 39.2 Å². The van der Waals surface area contributed by atoms with Crippen molar-refractivity contribution in [2.75, 3.05) is 17.5 Å². The number of non-ortho nitro benzene ring substituents is 1. The first-order valence-corrected chi connectivity index (χ1v) is 9.51. The number of benzene rings is 2. The van der Waals surface area contributed by atoms with E-state index in [2.05, 4.69) is 0 Å². The van der Waals surface area contributed by atoms with Crippen LogP contribution in [0.25, 0.3) is 0 Å². The summed E-state index contributed by atoms with van der Waals surface area (Å²) in [7, 11) is -4.43. The van der Waals surface area contributed by atoms with Gasteiger partial charge in [-0.25, -0.2) is 8.42 Å². The Morgan fingerprint density at radius 2 is 1.66 bits per heavy atom. The number of esters is 1. The number of rotatable bonds is 7. The standard InChI is InChI=1S/C17H15F3N2O6S/c1-2-28-16(23)11-21(13-5-3-12(4-6-13)17(18,19)20)29(26,27)15-9-7-14(8-10-15)22(24)25/h3-10H,2,11H2,1H3. The molecule has 0 aromatic heterocycles. The molecule has 0 aliphatic carbocycles. The maximum atomic E-state index is 13.0. The molecular formula is C17H15F3N2O6S. The molecular weight excluding hydrogens is 417 g/mol. The summed E-state index contributed by atoms with van der Waals surface area (Å²) in [6, 6.07) is 7.03. The minimum absolute atomic E-state index is 0.0305. The Hall–Kier alpha value is -3.15. The molecule has 0 spiro atoms. The van der Waals surface area contributed by atoms with Crippen LogP contribution < -0.4 is 4.31 Å². The predicted octanol–water partition coefficient (Wildman–Crippen LogP) is 3.37. The number of carbonyl (C=O) groups excluding carboxylic acids is 1. The molecule has 2 rings (SSSR count). The van der Waals surface area contributed by atoms with Crippen molar-refractivity contribution in [1.82, 2.24) is 0 Å². The quantitative estimate of drug-likeness (QED) is 0.377. The maximum Gasteiger partial charge on any atom is 0.416 e. The number of hydrogen-bond donors (Lipinski definition) is 0. The van der Waals surface area contributed by atoms with Crippen LogP contribution in [0.15, 0.2) is 53.4 Å². The summed E-state index contributed by atoms with van der Waals surface area (Å²) >= 11 is 0. The fourth-order valence-electron chi connectivity index (χ4n) is 2.32. The van der Waals surface area contributed by atoms with Crippen molar-refractivity contribution >= 4 is 27.4 Å². The van der Waals surface area contributed by atoms with Crippen LogP contribution in [-0.4, -0.2) is 32.5 Å². The Morgan fingerprint density at radius 1 is 1.10 bits per heavy atom. The lowest BCUT2D eigenvalue weighted by molar-refractivity contribution is -0.384. The summed E-state index contributed by atoms with van der Waals surface area (Å²) in [6.45, 7) is 0.682. The number of nitro groups is 1. The lowest BCUT2D eigenvalue weighted by Crippen LogP contribution is -2.36.